The highest BCUT2D eigenvalue weighted by Gasteiger charge is 2.32. The topological polar surface area (TPSA) is 102 Å². The van der Waals surface area contributed by atoms with Crippen molar-refractivity contribution in [3.8, 4) is 0 Å². The van der Waals surface area contributed by atoms with E-state index in [0.717, 1.165) is 12.5 Å². The maximum absolute atomic E-state index is 14.0. The van der Waals surface area contributed by atoms with Crippen LogP contribution in [0.15, 0.2) is 29.2 Å². The van der Waals surface area contributed by atoms with Gasteiger partial charge in [0, 0.05) is 72.6 Å². The van der Waals surface area contributed by atoms with Crippen molar-refractivity contribution in [2.75, 3.05) is 85.7 Å². The summed E-state index contributed by atoms with van der Waals surface area (Å²) in [7, 11) is -2.30. The van der Waals surface area contributed by atoms with E-state index in [1.54, 1.807) is 12.0 Å². The van der Waals surface area contributed by atoms with Crippen LogP contribution in [0.1, 0.15) is 6.42 Å². The molecule has 2 heterocycles. The molecule has 2 saturated heterocycles. The Kier molecular flexibility index (Phi) is 9.77. The lowest BCUT2D eigenvalue weighted by Crippen LogP contribution is -2.55. The summed E-state index contributed by atoms with van der Waals surface area (Å²) in [6, 6.07) is 5.32. The van der Waals surface area contributed by atoms with Crippen molar-refractivity contribution < 1.29 is 27.1 Å². The highest BCUT2D eigenvalue weighted by atomic mass is 32.2. The summed E-state index contributed by atoms with van der Waals surface area (Å²) >= 11 is 0. The molecule has 190 valence electrons. The van der Waals surface area contributed by atoms with E-state index in [2.05, 4.69) is 15.1 Å². The van der Waals surface area contributed by atoms with Gasteiger partial charge in [-0.15, -0.1) is 0 Å². The quantitative estimate of drug-likeness (QED) is 0.430. The molecular formula is C22H34FN5O5S. The summed E-state index contributed by atoms with van der Waals surface area (Å²) in [4.78, 5) is 30.2. The number of carbonyl (C=O) groups excluding carboxylic acids is 2. The molecule has 2 amide bonds. The zero-order valence-electron chi connectivity index (χ0n) is 19.6. The molecular weight excluding hydrogens is 465 g/mol. The number of hydrogen-bond donors (Lipinski definition) is 1. The Bertz CT molecular complexity index is 931. The largest absolute Gasteiger partial charge is 0.385 e. The third kappa shape index (κ3) is 7.19. The molecule has 0 aliphatic carbocycles. The first-order valence-corrected chi connectivity index (χ1v) is 13.0. The van der Waals surface area contributed by atoms with Crippen LogP contribution in [0.25, 0.3) is 0 Å². The molecule has 2 fully saturated rings. The lowest BCUT2D eigenvalue weighted by molar-refractivity contribution is -0.134. The summed E-state index contributed by atoms with van der Waals surface area (Å²) in [5.41, 5.74) is 0. The summed E-state index contributed by atoms with van der Waals surface area (Å²) in [5.74, 6) is -0.833. The maximum atomic E-state index is 14.0. The number of ether oxygens (including phenoxy) is 1. The van der Waals surface area contributed by atoms with Crippen molar-refractivity contribution >= 4 is 21.8 Å². The van der Waals surface area contributed by atoms with Gasteiger partial charge in [0.15, 0.2) is 0 Å². The highest BCUT2D eigenvalue weighted by Crippen LogP contribution is 2.20. The molecule has 34 heavy (non-hydrogen) atoms. The van der Waals surface area contributed by atoms with E-state index in [0.29, 0.717) is 45.9 Å². The summed E-state index contributed by atoms with van der Waals surface area (Å²) < 4.78 is 45.6. The van der Waals surface area contributed by atoms with Crippen LogP contribution in [0, 0.1) is 5.82 Å². The van der Waals surface area contributed by atoms with E-state index < -0.39 is 15.8 Å². The first kappa shape index (κ1) is 26.5. The minimum absolute atomic E-state index is 0.0103. The van der Waals surface area contributed by atoms with Gasteiger partial charge < -0.3 is 15.0 Å². The molecule has 2 aliphatic rings. The van der Waals surface area contributed by atoms with Crippen molar-refractivity contribution in [1.82, 2.24) is 24.3 Å². The average molecular weight is 500 g/mol. The highest BCUT2D eigenvalue weighted by molar-refractivity contribution is 7.89. The number of sulfonamides is 1. The fourth-order valence-electron chi connectivity index (χ4n) is 4.07. The molecule has 0 atom stereocenters. The average Bonchev–Trinajstić information content (AvgIpc) is 2.83. The Labute approximate surface area is 200 Å². The molecule has 10 nitrogen and oxygen atoms in total. The lowest BCUT2D eigenvalue weighted by atomic mass is 10.3. The van der Waals surface area contributed by atoms with Crippen LogP contribution < -0.4 is 5.32 Å². The number of halogens is 1. The second-order valence-corrected chi connectivity index (χ2v) is 10.4. The lowest BCUT2D eigenvalue weighted by Gasteiger charge is -2.37. The van der Waals surface area contributed by atoms with Crippen molar-refractivity contribution in [2.45, 2.75) is 11.3 Å². The van der Waals surface area contributed by atoms with Gasteiger partial charge in [-0.25, -0.2) is 12.8 Å². The number of benzene rings is 1. The fraction of sp³-hybridized carbons (Fsp3) is 0.636. The molecule has 2 aliphatic heterocycles. The van der Waals surface area contributed by atoms with Crippen LogP contribution >= 0.6 is 0 Å². The van der Waals surface area contributed by atoms with E-state index in [9.17, 15) is 22.4 Å². The van der Waals surface area contributed by atoms with Crippen molar-refractivity contribution in [3.05, 3.63) is 30.1 Å². The zero-order valence-corrected chi connectivity index (χ0v) is 20.4. The molecule has 0 unspecified atom stereocenters. The number of amides is 2. The van der Waals surface area contributed by atoms with E-state index in [1.165, 1.54) is 22.5 Å². The Morgan fingerprint density at radius 3 is 2.21 bits per heavy atom. The second-order valence-electron chi connectivity index (χ2n) is 8.46. The van der Waals surface area contributed by atoms with Gasteiger partial charge >= 0.3 is 0 Å². The van der Waals surface area contributed by atoms with Gasteiger partial charge in [0.1, 0.15) is 10.7 Å². The predicted molar refractivity (Wildman–Crippen MR) is 124 cm³/mol. The summed E-state index contributed by atoms with van der Waals surface area (Å²) in [6.45, 7) is 5.40. The molecule has 1 aromatic carbocycles. The van der Waals surface area contributed by atoms with E-state index in [4.69, 9.17) is 4.74 Å². The smallest absolute Gasteiger partial charge is 0.246 e. The van der Waals surface area contributed by atoms with E-state index in [1.807, 2.05) is 0 Å². The van der Waals surface area contributed by atoms with Crippen molar-refractivity contribution in [1.29, 1.82) is 0 Å². The molecule has 0 radical (unpaired) electrons. The number of piperazine rings is 2. The van der Waals surface area contributed by atoms with Gasteiger partial charge in [0.05, 0.1) is 13.1 Å². The number of rotatable bonds is 10. The van der Waals surface area contributed by atoms with Crippen LogP contribution in [-0.2, 0) is 24.3 Å². The number of nitrogens with one attached hydrogen (secondary N) is 1. The fourth-order valence-corrected chi connectivity index (χ4v) is 5.56. The Hall–Kier alpha value is -2.12. The molecule has 1 aromatic rings. The number of nitrogens with zero attached hydrogens (tertiary/aromatic N) is 4. The first-order valence-electron chi connectivity index (χ1n) is 11.5. The Morgan fingerprint density at radius 2 is 1.59 bits per heavy atom. The van der Waals surface area contributed by atoms with Crippen molar-refractivity contribution in [2.24, 2.45) is 0 Å². The monoisotopic (exact) mass is 499 g/mol. The third-order valence-electron chi connectivity index (χ3n) is 6.08. The number of hydrogen-bond acceptors (Lipinski definition) is 7. The van der Waals surface area contributed by atoms with Crippen LogP contribution in [0.2, 0.25) is 0 Å². The van der Waals surface area contributed by atoms with Gasteiger partial charge in [0.2, 0.25) is 21.8 Å². The van der Waals surface area contributed by atoms with Crippen LogP contribution in [0.5, 0.6) is 0 Å². The zero-order chi connectivity index (χ0) is 24.6. The molecule has 0 bridgehead atoms. The molecule has 0 spiro atoms. The SMILES string of the molecule is COCCCNC(=O)CN1CCN(CC(=O)N2CCN(S(=O)(=O)c3ccccc3F)CC2)CC1. The Morgan fingerprint density at radius 1 is 0.971 bits per heavy atom. The van der Waals surface area contributed by atoms with Gasteiger partial charge in [-0.3, -0.25) is 19.4 Å². The van der Waals surface area contributed by atoms with Gasteiger partial charge in [-0.1, -0.05) is 12.1 Å². The van der Waals surface area contributed by atoms with Crippen LogP contribution in [0.3, 0.4) is 0 Å². The summed E-state index contributed by atoms with van der Waals surface area (Å²) in [6.07, 6.45) is 0.779. The molecule has 0 aromatic heterocycles. The van der Waals surface area contributed by atoms with Gasteiger partial charge in [-0.05, 0) is 18.6 Å². The van der Waals surface area contributed by atoms with Crippen molar-refractivity contribution in [3.63, 3.8) is 0 Å². The summed E-state index contributed by atoms with van der Waals surface area (Å²) in [5, 5.41) is 2.88. The standard InChI is InChI=1S/C22H34FN5O5S/c1-33-16-4-7-24-21(29)17-25-8-10-26(11-9-25)18-22(30)27-12-14-28(15-13-27)34(31,32)20-6-3-2-5-19(20)23/h2-3,5-6H,4,7-18H2,1H3,(H,24,29). The van der Waals surface area contributed by atoms with E-state index in [-0.39, 0.29) is 49.4 Å². The van der Waals surface area contributed by atoms with E-state index >= 15 is 0 Å². The normalized spacial score (nSPS) is 18.7. The maximum Gasteiger partial charge on any atom is 0.246 e. The molecule has 0 saturated carbocycles. The minimum Gasteiger partial charge on any atom is -0.385 e. The molecule has 12 heteroatoms. The third-order valence-corrected chi connectivity index (χ3v) is 8.02. The molecule has 1 N–H and O–H groups in total. The van der Waals surface area contributed by atoms with Crippen LogP contribution in [0.4, 0.5) is 4.39 Å². The minimum atomic E-state index is -3.93. The van der Waals surface area contributed by atoms with Gasteiger partial charge in [0.25, 0.3) is 0 Å². The second kappa shape index (κ2) is 12.5. The predicted octanol–water partition coefficient (Wildman–Crippen LogP) is -0.571. The van der Waals surface area contributed by atoms with Gasteiger partial charge in [-0.2, -0.15) is 4.31 Å². The van der Waals surface area contributed by atoms with Crippen LogP contribution in [-0.4, -0.2) is 125 Å². The number of methoxy groups -OCH3 is 1. The Balaban J connectivity index is 1.38. The number of carbonyl (C=O) groups is 2. The molecule has 3 rings (SSSR count). The first-order chi connectivity index (χ1) is 16.3.